The number of benzene rings is 2. The zero-order valence-electron chi connectivity index (χ0n) is 17.9. The molecule has 0 saturated carbocycles. The molecule has 1 aliphatic rings. The van der Waals surface area contributed by atoms with Crippen LogP contribution in [0.1, 0.15) is 18.1 Å². The van der Waals surface area contributed by atoms with Crippen molar-refractivity contribution >= 4 is 23.4 Å². The number of halogens is 1. The first kappa shape index (κ1) is 23.3. The van der Waals surface area contributed by atoms with Crippen LogP contribution in [-0.4, -0.2) is 67.0 Å². The van der Waals surface area contributed by atoms with Gasteiger partial charge in [0.25, 0.3) is 0 Å². The Kier molecular flexibility index (Phi) is 8.88. The molecule has 7 heteroatoms. The van der Waals surface area contributed by atoms with Gasteiger partial charge in [-0.2, -0.15) is 0 Å². The van der Waals surface area contributed by atoms with Crippen molar-refractivity contribution in [3.05, 3.63) is 70.7 Å². The lowest BCUT2D eigenvalue weighted by Gasteiger charge is -2.30. The lowest BCUT2D eigenvalue weighted by atomic mass is 10.1. The monoisotopic (exact) mass is 443 g/mol. The van der Waals surface area contributed by atoms with Gasteiger partial charge < -0.3 is 15.0 Å². The summed E-state index contributed by atoms with van der Waals surface area (Å²) in [6, 6.07) is 16.4. The number of ether oxygens (including phenoxy) is 1. The molecule has 0 unspecified atom stereocenters. The molecule has 2 amide bonds. The second kappa shape index (κ2) is 11.8. The van der Waals surface area contributed by atoms with Gasteiger partial charge in [-0.1, -0.05) is 54.1 Å². The number of hydrogen-bond acceptors (Lipinski definition) is 4. The summed E-state index contributed by atoms with van der Waals surface area (Å²) in [5, 5.41) is 3.62. The number of hydrogen-bond donors (Lipinski definition) is 1. The van der Waals surface area contributed by atoms with E-state index in [0.717, 1.165) is 44.0 Å². The van der Waals surface area contributed by atoms with Crippen molar-refractivity contribution in [3.8, 4) is 0 Å². The molecule has 1 aliphatic heterocycles. The summed E-state index contributed by atoms with van der Waals surface area (Å²) in [7, 11) is 0. The molecule has 166 valence electrons. The molecule has 1 saturated heterocycles. The Morgan fingerprint density at radius 3 is 2.42 bits per heavy atom. The highest BCUT2D eigenvalue weighted by Gasteiger charge is 2.26. The van der Waals surface area contributed by atoms with E-state index < -0.39 is 6.04 Å². The van der Waals surface area contributed by atoms with Crippen LogP contribution in [0.3, 0.4) is 0 Å². The minimum Gasteiger partial charge on any atom is -0.379 e. The van der Waals surface area contributed by atoms with E-state index in [-0.39, 0.29) is 18.2 Å². The molecule has 0 bridgehead atoms. The highest BCUT2D eigenvalue weighted by Crippen LogP contribution is 2.14. The van der Waals surface area contributed by atoms with Gasteiger partial charge in [0.2, 0.25) is 11.8 Å². The number of nitrogens with zero attached hydrogens (tertiary/aromatic N) is 2. The van der Waals surface area contributed by atoms with Crippen LogP contribution in [0, 0.1) is 0 Å². The smallest absolute Gasteiger partial charge is 0.242 e. The Morgan fingerprint density at radius 2 is 1.74 bits per heavy atom. The minimum atomic E-state index is -0.579. The Labute approximate surface area is 189 Å². The van der Waals surface area contributed by atoms with E-state index in [2.05, 4.69) is 10.2 Å². The summed E-state index contributed by atoms with van der Waals surface area (Å²) in [5.74, 6) is -0.240. The Morgan fingerprint density at radius 1 is 1.06 bits per heavy atom. The van der Waals surface area contributed by atoms with Gasteiger partial charge in [0.05, 0.1) is 19.6 Å². The molecule has 31 heavy (non-hydrogen) atoms. The van der Waals surface area contributed by atoms with E-state index in [1.54, 1.807) is 24.0 Å². The molecular formula is C24H30ClN3O3. The van der Waals surface area contributed by atoms with Crippen LogP contribution in [0.5, 0.6) is 0 Å². The molecule has 1 N–H and O–H groups in total. The molecule has 2 aromatic carbocycles. The predicted octanol–water partition coefficient (Wildman–Crippen LogP) is 2.75. The first-order valence-corrected chi connectivity index (χ1v) is 11.1. The van der Waals surface area contributed by atoms with Crippen molar-refractivity contribution in [3.63, 3.8) is 0 Å². The molecule has 1 heterocycles. The van der Waals surface area contributed by atoms with Gasteiger partial charge in [-0.15, -0.1) is 0 Å². The van der Waals surface area contributed by atoms with Gasteiger partial charge in [-0.3, -0.25) is 14.5 Å². The van der Waals surface area contributed by atoms with Gasteiger partial charge in [0.15, 0.2) is 0 Å². The van der Waals surface area contributed by atoms with E-state index in [0.29, 0.717) is 18.1 Å². The predicted molar refractivity (Wildman–Crippen MR) is 122 cm³/mol. The van der Waals surface area contributed by atoms with Gasteiger partial charge in [0, 0.05) is 37.7 Å². The third kappa shape index (κ3) is 7.35. The van der Waals surface area contributed by atoms with E-state index >= 15 is 0 Å². The second-order valence-corrected chi connectivity index (χ2v) is 8.17. The maximum absolute atomic E-state index is 13.2. The largest absolute Gasteiger partial charge is 0.379 e. The molecular weight excluding hydrogens is 414 g/mol. The third-order valence-corrected chi connectivity index (χ3v) is 5.71. The van der Waals surface area contributed by atoms with E-state index in [4.69, 9.17) is 16.3 Å². The van der Waals surface area contributed by atoms with Crippen LogP contribution < -0.4 is 5.32 Å². The summed E-state index contributed by atoms with van der Waals surface area (Å²) in [4.78, 5) is 29.9. The van der Waals surface area contributed by atoms with Crippen molar-refractivity contribution in [2.45, 2.75) is 25.9 Å². The number of carbonyl (C=O) groups excluding carboxylic acids is 2. The number of amides is 2. The molecule has 0 aliphatic carbocycles. The van der Waals surface area contributed by atoms with Crippen LogP contribution in [0.15, 0.2) is 54.6 Å². The standard InChI is InChI=1S/C24H30ClN3O3/c1-19(24(30)26-11-12-27-13-15-31-16-14-27)28(18-21-5-3-2-4-6-21)23(29)17-20-7-9-22(25)10-8-20/h2-10,19H,11-18H2,1H3,(H,26,30)/t19-/m0/s1. The highest BCUT2D eigenvalue weighted by atomic mass is 35.5. The van der Waals surface area contributed by atoms with Crippen LogP contribution in [0.25, 0.3) is 0 Å². The molecule has 0 aromatic heterocycles. The Bertz CT molecular complexity index is 839. The summed E-state index contributed by atoms with van der Waals surface area (Å²) in [6.07, 6.45) is 0.218. The van der Waals surface area contributed by atoms with Crippen molar-refractivity contribution in [1.82, 2.24) is 15.1 Å². The van der Waals surface area contributed by atoms with E-state index in [9.17, 15) is 9.59 Å². The number of morpholine rings is 1. The summed E-state index contributed by atoms with van der Waals surface area (Å²) in [6.45, 7) is 6.71. The van der Waals surface area contributed by atoms with Crippen LogP contribution in [-0.2, 0) is 27.3 Å². The quantitative estimate of drug-likeness (QED) is 0.647. The molecule has 2 aromatic rings. The van der Waals surface area contributed by atoms with Crippen LogP contribution in [0.4, 0.5) is 0 Å². The topological polar surface area (TPSA) is 61.9 Å². The number of nitrogens with one attached hydrogen (secondary N) is 1. The van der Waals surface area contributed by atoms with Crippen molar-refractivity contribution in [2.24, 2.45) is 0 Å². The molecule has 1 atom stereocenters. The maximum Gasteiger partial charge on any atom is 0.242 e. The fourth-order valence-corrected chi connectivity index (χ4v) is 3.68. The summed E-state index contributed by atoms with van der Waals surface area (Å²) in [5.41, 5.74) is 1.85. The highest BCUT2D eigenvalue weighted by molar-refractivity contribution is 6.30. The average molecular weight is 444 g/mol. The SMILES string of the molecule is C[C@@H](C(=O)NCCN1CCOCC1)N(Cc1ccccc1)C(=O)Cc1ccc(Cl)cc1. The molecule has 0 spiro atoms. The zero-order valence-corrected chi connectivity index (χ0v) is 18.7. The molecule has 3 rings (SSSR count). The van der Waals surface area contributed by atoms with Gasteiger partial charge in [0.1, 0.15) is 6.04 Å². The zero-order chi connectivity index (χ0) is 22.1. The van der Waals surface area contributed by atoms with Gasteiger partial charge in [-0.25, -0.2) is 0 Å². The summed E-state index contributed by atoms with van der Waals surface area (Å²) >= 11 is 5.96. The Hall–Kier alpha value is -2.41. The number of rotatable bonds is 9. The Balaban J connectivity index is 1.63. The fraction of sp³-hybridized carbons (Fsp3) is 0.417. The van der Waals surface area contributed by atoms with Gasteiger partial charge >= 0.3 is 0 Å². The second-order valence-electron chi connectivity index (χ2n) is 7.73. The lowest BCUT2D eigenvalue weighted by Crippen LogP contribution is -2.49. The van der Waals surface area contributed by atoms with Crippen molar-refractivity contribution in [1.29, 1.82) is 0 Å². The lowest BCUT2D eigenvalue weighted by molar-refractivity contribution is -0.140. The molecule has 1 fully saturated rings. The summed E-state index contributed by atoms with van der Waals surface area (Å²) < 4.78 is 5.35. The first-order valence-electron chi connectivity index (χ1n) is 10.7. The third-order valence-electron chi connectivity index (χ3n) is 5.46. The fourth-order valence-electron chi connectivity index (χ4n) is 3.55. The molecule has 6 nitrogen and oxygen atoms in total. The van der Waals surface area contributed by atoms with E-state index in [1.165, 1.54) is 0 Å². The van der Waals surface area contributed by atoms with Crippen LogP contribution >= 0.6 is 11.6 Å². The van der Waals surface area contributed by atoms with Gasteiger partial charge in [-0.05, 0) is 30.2 Å². The number of carbonyl (C=O) groups is 2. The minimum absolute atomic E-state index is 0.0954. The van der Waals surface area contributed by atoms with Crippen LogP contribution in [0.2, 0.25) is 5.02 Å². The van der Waals surface area contributed by atoms with Crippen molar-refractivity contribution in [2.75, 3.05) is 39.4 Å². The average Bonchev–Trinajstić information content (AvgIpc) is 2.80. The maximum atomic E-state index is 13.2. The van der Waals surface area contributed by atoms with Crippen molar-refractivity contribution < 1.29 is 14.3 Å². The normalized spacial score (nSPS) is 15.3. The van der Waals surface area contributed by atoms with E-state index in [1.807, 2.05) is 42.5 Å². The first-order chi connectivity index (χ1) is 15.0. The molecule has 0 radical (unpaired) electrons.